The third kappa shape index (κ3) is 3.19. The number of carbonyl (C=O) groups excluding carboxylic acids is 1. The van der Waals surface area contributed by atoms with Gasteiger partial charge in [0.05, 0.1) is 22.6 Å². The van der Waals surface area contributed by atoms with Crippen molar-refractivity contribution in [2.75, 3.05) is 5.75 Å². The van der Waals surface area contributed by atoms with E-state index in [1.54, 1.807) is 0 Å². The molecule has 2 rings (SSSR count). The van der Waals surface area contributed by atoms with Gasteiger partial charge in [0.15, 0.2) is 0 Å². The molecular weight excluding hydrogens is 286 g/mol. The first-order valence-corrected chi connectivity index (χ1v) is 7.73. The van der Waals surface area contributed by atoms with E-state index in [1.165, 1.54) is 28.0 Å². The number of nitrogens with one attached hydrogen (secondary N) is 1. The van der Waals surface area contributed by atoms with Crippen LogP contribution in [0.4, 0.5) is 4.79 Å². The van der Waals surface area contributed by atoms with Crippen molar-refractivity contribution in [2.45, 2.75) is 31.8 Å². The highest BCUT2D eigenvalue weighted by Gasteiger charge is 2.39. The first-order valence-electron chi connectivity index (χ1n) is 5.80. The Hall–Kier alpha value is -1.28. The minimum atomic E-state index is -0.962. The zero-order valence-electron chi connectivity index (χ0n) is 10.6. The fraction of sp³-hybridized carbons (Fsp3) is 0.545. The number of hydrogen-bond donors (Lipinski definition) is 2. The zero-order valence-corrected chi connectivity index (χ0v) is 12.3. The number of thioether (sulfide) groups is 1. The van der Waals surface area contributed by atoms with Crippen molar-refractivity contribution in [2.24, 2.45) is 0 Å². The van der Waals surface area contributed by atoms with E-state index in [0.717, 1.165) is 10.7 Å². The van der Waals surface area contributed by atoms with Crippen LogP contribution in [-0.2, 0) is 11.3 Å². The topological polar surface area (TPSA) is 82.5 Å². The summed E-state index contributed by atoms with van der Waals surface area (Å²) in [7, 11) is 0. The van der Waals surface area contributed by atoms with E-state index in [2.05, 4.69) is 10.3 Å². The fourth-order valence-corrected chi connectivity index (χ4v) is 3.67. The van der Waals surface area contributed by atoms with Crippen LogP contribution in [0, 0.1) is 6.92 Å². The van der Waals surface area contributed by atoms with Crippen LogP contribution in [0.3, 0.4) is 0 Å². The number of carbonyl (C=O) groups is 2. The van der Waals surface area contributed by atoms with Gasteiger partial charge in [0.2, 0.25) is 0 Å². The number of nitrogens with zero attached hydrogens (tertiary/aromatic N) is 2. The summed E-state index contributed by atoms with van der Waals surface area (Å²) < 4.78 is 0. The van der Waals surface area contributed by atoms with Crippen LogP contribution in [0.25, 0.3) is 0 Å². The van der Waals surface area contributed by atoms with E-state index in [9.17, 15) is 9.59 Å². The highest BCUT2D eigenvalue weighted by Crippen LogP contribution is 2.28. The molecule has 2 N–H and O–H groups in total. The number of carboxylic acid groups (broad SMARTS) is 1. The standard InChI is InChI=1S/C11H15N3O3S2/c1-6-13-8(4-18-6)3-12-11(17)14-7(2)19-5-9(14)10(15)16/h4,7,9H,3,5H2,1-2H3,(H,12,17)(H,15,16). The number of aliphatic carboxylic acids is 1. The maximum atomic E-state index is 12.1. The zero-order chi connectivity index (χ0) is 14.0. The van der Waals surface area contributed by atoms with Crippen molar-refractivity contribution < 1.29 is 14.7 Å². The number of urea groups is 1. The summed E-state index contributed by atoms with van der Waals surface area (Å²) in [6.45, 7) is 4.05. The Labute approximate surface area is 119 Å². The van der Waals surface area contributed by atoms with Crippen LogP contribution in [0.1, 0.15) is 17.6 Å². The van der Waals surface area contributed by atoms with Crippen molar-refractivity contribution in [1.82, 2.24) is 15.2 Å². The highest BCUT2D eigenvalue weighted by molar-refractivity contribution is 8.00. The Balaban J connectivity index is 1.96. The van der Waals surface area contributed by atoms with Gasteiger partial charge in [-0.2, -0.15) is 0 Å². The molecule has 1 fully saturated rings. The van der Waals surface area contributed by atoms with E-state index in [4.69, 9.17) is 5.11 Å². The Kier molecular flexibility index (Phi) is 4.31. The Morgan fingerprint density at radius 3 is 2.95 bits per heavy atom. The second-order valence-corrected chi connectivity index (χ2v) is 6.62. The average molecular weight is 301 g/mol. The second-order valence-electron chi connectivity index (χ2n) is 4.21. The molecule has 1 aliphatic rings. The normalized spacial score (nSPS) is 22.5. The molecule has 19 heavy (non-hydrogen) atoms. The van der Waals surface area contributed by atoms with Gasteiger partial charge in [-0.25, -0.2) is 14.6 Å². The molecule has 6 nitrogen and oxygen atoms in total. The molecule has 0 aliphatic carbocycles. The third-order valence-electron chi connectivity index (χ3n) is 2.83. The molecule has 2 unspecified atom stereocenters. The van der Waals surface area contributed by atoms with E-state index in [-0.39, 0.29) is 11.4 Å². The predicted molar refractivity (Wildman–Crippen MR) is 74.3 cm³/mol. The number of thiazole rings is 1. The molecule has 1 aromatic heterocycles. The number of amides is 2. The lowest BCUT2D eigenvalue weighted by Crippen LogP contribution is -2.49. The largest absolute Gasteiger partial charge is 0.480 e. The van der Waals surface area contributed by atoms with E-state index in [0.29, 0.717) is 12.3 Å². The molecule has 0 aromatic carbocycles. The van der Waals surface area contributed by atoms with Crippen molar-refractivity contribution in [1.29, 1.82) is 0 Å². The van der Waals surface area contributed by atoms with E-state index < -0.39 is 12.0 Å². The van der Waals surface area contributed by atoms with Crippen LogP contribution in [0.15, 0.2) is 5.38 Å². The minimum absolute atomic E-state index is 0.127. The number of hydrogen-bond acceptors (Lipinski definition) is 5. The van der Waals surface area contributed by atoms with Crippen LogP contribution < -0.4 is 5.32 Å². The Morgan fingerprint density at radius 1 is 1.63 bits per heavy atom. The quantitative estimate of drug-likeness (QED) is 0.884. The highest BCUT2D eigenvalue weighted by atomic mass is 32.2. The van der Waals surface area contributed by atoms with Gasteiger partial charge in [0.1, 0.15) is 6.04 Å². The smallest absolute Gasteiger partial charge is 0.327 e. The molecule has 2 heterocycles. The Morgan fingerprint density at radius 2 is 2.37 bits per heavy atom. The Bertz CT molecular complexity index is 491. The van der Waals surface area contributed by atoms with Crippen LogP contribution in [0.2, 0.25) is 0 Å². The van der Waals surface area contributed by atoms with Gasteiger partial charge in [0, 0.05) is 11.1 Å². The number of carboxylic acids is 1. The van der Waals surface area contributed by atoms with Crippen molar-refractivity contribution in [3.63, 3.8) is 0 Å². The molecule has 104 valence electrons. The van der Waals surface area contributed by atoms with Crippen LogP contribution in [-0.4, -0.2) is 44.2 Å². The fourth-order valence-electron chi connectivity index (χ4n) is 1.89. The molecule has 8 heteroatoms. The number of rotatable bonds is 3. The summed E-state index contributed by atoms with van der Waals surface area (Å²) in [5, 5.41) is 14.5. The maximum Gasteiger partial charge on any atom is 0.327 e. The molecule has 2 atom stereocenters. The summed E-state index contributed by atoms with van der Waals surface area (Å²) in [4.78, 5) is 28.8. The monoisotopic (exact) mass is 301 g/mol. The minimum Gasteiger partial charge on any atom is -0.480 e. The molecule has 0 bridgehead atoms. The predicted octanol–water partition coefficient (Wildman–Crippen LogP) is 1.51. The van der Waals surface area contributed by atoms with Gasteiger partial charge in [-0.05, 0) is 13.8 Å². The number of aryl methyl sites for hydroxylation is 1. The van der Waals surface area contributed by atoms with Gasteiger partial charge in [0.25, 0.3) is 0 Å². The van der Waals surface area contributed by atoms with Gasteiger partial charge < -0.3 is 10.4 Å². The van der Waals surface area contributed by atoms with Crippen molar-refractivity contribution >= 4 is 35.1 Å². The summed E-state index contributed by atoms with van der Waals surface area (Å²) in [6.07, 6.45) is 0. The molecule has 1 aromatic rings. The molecule has 0 radical (unpaired) electrons. The lowest BCUT2D eigenvalue weighted by Gasteiger charge is -2.25. The summed E-state index contributed by atoms with van der Waals surface area (Å²) in [6, 6.07) is -1.10. The number of aromatic nitrogens is 1. The van der Waals surface area contributed by atoms with Gasteiger partial charge in [-0.15, -0.1) is 23.1 Å². The molecular formula is C11H15N3O3S2. The summed E-state index contributed by atoms with van der Waals surface area (Å²) in [5.74, 6) is -0.531. The van der Waals surface area contributed by atoms with Crippen LogP contribution in [0.5, 0.6) is 0 Å². The summed E-state index contributed by atoms with van der Waals surface area (Å²) >= 11 is 2.99. The van der Waals surface area contributed by atoms with E-state index >= 15 is 0 Å². The maximum absolute atomic E-state index is 12.1. The summed E-state index contributed by atoms with van der Waals surface area (Å²) in [5.41, 5.74) is 0.794. The van der Waals surface area contributed by atoms with Crippen molar-refractivity contribution in [3.8, 4) is 0 Å². The molecule has 0 spiro atoms. The molecule has 1 aliphatic heterocycles. The first-order chi connectivity index (χ1) is 8.99. The van der Waals surface area contributed by atoms with Gasteiger partial charge in [-0.3, -0.25) is 4.90 Å². The molecule has 0 saturated carbocycles. The average Bonchev–Trinajstić information content (AvgIpc) is 2.92. The van der Waals surface area contributed by atoms with Gasteiger partial charge >= 0.3 is 12.0 Å². The van der Waals surface area contributed by atoms with Crippen molar-refractivity contribution in [3.05, 3.63) is 16.1 Å². The second kappa shape index (κ2) is 5.79. The molecule has 2 amide bonds. The van der Waals surface area contributed by atoms with E-state index in [1.807, 2.05) is 19.2 Å². The molecule has 1 saturated heterocycles. The van der Waals surface area contributed by atoms with Gasteiger partial charge in [-0.1, -0.05) is 0 Å². The van der Waals surface area contributed by atoms with Crippen LogP contribution >= 0.6 is 23.1 Å². The SMILES string of the molecule is Cc1nc(CNC(=O)N2C(C)SCC2C(=O)O)cs1. The lowest BCUT2D eigenvalue weighted by atomic mass is 10.3. The third-order valence-corrected chi connectivity index (χ3v) is 4.87. The first kappa shape index (κ1) is 14.1. The lowest BCUT2D eigenvalue weighted by molar-refractivity contribution is -0.141.